The molecule has 1 atom stereocenters. The highest BCUT2D eigenvalue weighted by Crippen LogP contribution is 2.24. The van der Waals surface area contributed by atoms with Gasteiger partial charge in [-0.1, -0.05) is 42.5 Å². The molecule has 1 aliphatic rings. The molecule has 0 unspecified atom stereocenters. The molecule has 2 heterocycles. The molecule has 6 nitrogen and oxygen atoms in total. The minimum atomic E-state index is -0.481. The summed E-state index contributed by atoms with van der Waals surface area (Å²) >= 11 is 0. The Morgan fingerprint density at radius 1 is 0.875 bits per heavy atom. The number of amides is 2. The highest BCUT2D eigenvalue weighted by molar-refractivity contribution is 5.99. The van der Waals surface area contributed by atoms with Crippen molar-refractivity contribution in [3.8, 4) is 5.69 Å². The summed E-state index contributed by atoms with van der Waals surface area (Å²) in [5.41, 5.74) is 2.25. The number of ketones is 1. The van der Waals surface area contributed by atoms with Crippen LogP contribution >= 0.6 is 0 Å². The number of hydrogen-bond acceptors (Lipinski definition) is 3. The van der Waals surface area contributed by atoms with Gasteiger partial charge in [-0.2, -0.15) is 0 Å². The summed E-state index contributed by atoms with van der Waals surface area (Å²) in [6, 6.07) is 20.1. The molecule has 1 aromatic heterocycles. The standard InChI is InChI=1S/C26H27N3O3/c30-24(20-10-2-1-3-11-20)15-8-16-25(31)29-19-9-14-23(29)26(32)27-21-12-4-5-13-22(21)28-17-6-7-18-28/h1-7,10-13,17-18,23H,8-9,14-16,19H2,(H,27,32)/t23-/m0/s1. The molecule has 0 radical (unpaired) electrons. The summed E-state index contributed by atoms with van der Waals surface area (Å²) in [4.78, 5) is 39.8. The zero-order valence-corrected chi connectivity index (χ0v) is 17.9. The van der Waals surface area contributed by atoms with Crippen molar-refractivity contribution in [2.75, 3.05) is 11.9 Å². The number of carbonyl (C=O) groups excluding carboxylic acids is 3. The van der Waals surface area contributed by atoms with E-state index in [0.717, 1.165) is 12.1 Å². The predicted octanol–water partition coefficient (Wildman–Crippen LogP) is 4.46. The van der Waals surface area contributed by atoms with Crippen LogP contribution in [-0.4, -0.2) is 39.7 Å². The number of anilines is 1. The summed E-state index contributed by atoms with van der Waals surface area (Å²) in [6.45, 7) is 0.572. The normalized spacial score (nSPS) is 15.5. The topological polar surface area (TPSA) is 71.4 Å². The molecule has 1 N–H and O–H groups in total. The van der Waals surface area contributed by atoms with Crippen molar-refractivity contribution in [2.24, 2.45) is 0 Å². The molecule has 1 aliphatic heterocycles. The van der Waals surface area contributed by atoms with Gasteiger partial charge in [0.05, 0.1) is 11.4 Å². The van der Waals surface area contributed by atoms with Crippen LogP contribution in [0, 0.1) is 0 Å². The average Bonchev–Trinajstić information content (AvgIpc) is 3.52. The number of rotatable bonds is 8. The second kappa shape index (κ2) is 10.1. The minimum absolute atomic E-state index is 0.0377. The summed E-state index contributed by atoms with van der Waals surface area (Å²) < 4.78 is 1.94. The average molecular weight is 430 g/mol. The maximum Gasteiger partial charge on any atom is 0.247 e. The second-order valence-corrected chi connectivity index (χ2v) is 7.98. The third-order valence-electron chi connectivity index (χ3n) is 5.81. The number of hydrogen-bond donors (Lipinski definition) is 1. The Labute approximate surface area is 187 Å². The molecular formula is C26H27N3O3. The van der Waals surface area contributed by atoms with Gasteiger partial charge in [0, 0.05) is 37.3 Å². The number of benzene rings is 2. The molecule has 0 bridgehead atoms. The third kappa shape index (κ3) is 4.97. The second-order valence-electron chi connectivity index (χ2n) is 7.98. The van der Waals surface area contributed by atoms with Gasteiger partial charge >= 0.3 is 0 Å². The van der Waals surface area contributed by atoms with Crippen LogP contribution in [0.2, 0.25) is 0 Å². The van der Waals surface area contributed by atoms with Crippen LogP contribution < -0.4 is 5.32 Å². The largest absolute Gasteiger partial charge is 0.331 e. The van der Waals surface area contributed by atoms with Crippen LogP contribution in [0.5, 0.6) is 0 Å². The number of para-hydroxylation sites is 2. The Hall–Kier alpha value is -3.67. The van der Waals surface area contributed by atoms with E-state index in [0.29, 0.717) is 37.1 Å². The fourth-order valence-electron chi connectivity index (χ4n) is 4.17. The lowest BCUT2D eigenvalue weighted by Gasteiger charge is -2.24. The van der Waals surface area contributed by atoms with E-state index in [1.54, 1.807) is 17.0 Å². The third-order valence-corrected chi connectivity index (χ3v) is 5.81. The van der Waals surface area contributed by atoms with Gasteiger partial charge in [-0.15, -0.1) is 0 Å². The molecule has 164 valence electrons. The molecule has 0 aliphatic carbocycles. The Bertz CT molecular complexity index is 1080. The Kier molecular flexibility index (Phi) is 6.80. The van der Waals surface area contributed by atoms with E-state index < -0.39 is 6.04 Å². The van der Waals surface area contributed by atoms with Gasteiger partial charge in [0.25, 0.3) is 0 Å². The van der Waals surface area contributed by atoms with E-state index in [1.165, 1.54) is 0 Å². The lowest BCUT2D eigenvalue weighted by atomic mass is 10.1. The number of likely N-dealkylation sites (tertiary alicyclic amines) is 1. The Balaban J connectivity index is 1.35. The molecule has 0 saturated carbocycles. The highest BCUT2D eigenvalue weighted by Gasteiger charge is 2.34. The SMILES string of the molecule is O=C(CCCC(=O)N1CCC[C@H]1C(=O)Nc1ccccc1-n1cccc1)c1ccccc1. The number of Topliss-reactive ketones (excluding diaryl/α,β-unsaturated/α-hetero) is 1. The lowest BCUT2D eigenvalue weighted by Crippen LogP contribution is -2.43. The molecule has 32 heavy (non-hydrogen) atoms. The molecule has 3 aromatic rings. The lowest BCUT2D eigenvalue weighted by molar-refractivity contribution is -0.136. The molecular weight excluding hydrogens is 402 g/mol. The fourth-order valence-corrected chi connectivity index (χ4v) is 4.17. The maximum absolute atomic E-state index is 13.1. The van der Waals surface area contributed by atoms with Crippen molar-refractivity contribution >= 4 is 23.3 Å². The van der Waals surface area contributed by atoms with Crippen LogP contribution in [0.15, 0.2) is 79.1 Å². The smallest absolute Gasteiger partial charge is 0.247 e. The van der Waals surface area contributed by atoms with Gasteiger partial charge in [-0.05, 0) is 43.5 Å². The van der Waals surface area contributed by atoms with Gasteiger partial charge in [0.1, 0.15) is 6.04 Å². The molecule has 4 rings (SSSR count). The van der Waals surface area contributed by atoms with Crippen molar-refractivity contribution in [2.45, 2.75) is 38.1 Å². The first-order valence-corrected chi connectivity index (χ1v) is 11.0. The summed E-state index contributed by atoms with van der Waals surface area (Å²) in [7, 11) is 0. The summed E-state index contributed by atoms with van der Waals surface area (Å²) in [5.74, 6) is -0.200. The van der Waals surface area contributed by atoms with E-state index in [1.807, 2.05) is 71.6 Å². The first-order valence-electron chi connectivity index (χ1n) is 11.0. The Morgan fingerprint density at radius 2 is 1.59 bits per heavy atom. The molecule has 2 aromatic carbocycles. The minimum Gasteiger partial charge on any atom is -0.331 e. The first kappa shape index (κ1) is 21.6. The molecule has 6 heteroatoms. The van der Waals surface area contributed by atoms with Gasteiger partial charge in [0.15, 0.2) is 5.78 Å². The van der Waals surface area contributed by atoms with E-state index in [9.17, 15) is 14.4 Å². The van der Waals surface area contributed by atoms with E-state index in [2.05, 4.69) is 5.32 Å². The quantitative estimate of drug-likeness (QED) is 0.538. The summed E-state index contributed by atoms with van der Waals surface area (Å²) in [6.07, 6.45) is 6.36. The van der Waals surface area contributed by atoms with Gasteiger partial charge in [0.2, 0.25) is 11.8 Å². The Morgan fingerprint density at radius 3 is 2.38 bits per heavy atom. The number of nitrogens with zero attached hydrogens (tertiary/aromatic N) is 2. The number of carbonyl (C=O) groups is 3. The maximum atomic E-state index is 13.1. The molecule has 0 spiro atoms. The monoisotopic (exact) mass is 429 g/mol. The van der Waals surface area contributed by atoms with E-state index >= 15 is 0 Å². The van der Waals surface area contributed by atoms with Crippen molar-refractivity contribution in [1.82, 2.24) is 9.47 Å². The van der Waals surface area contributed by atoms with Crippen LogP contribution in [0.25, 0.3) is 5.69 Å². The van der Waals surface area contributed by atoms with Crippen LogP contribution in [-0.2, 0) is 9.59 Å². The highest BCUT2D eigenvalue weighted by atomic mass is 16.2. The van der Waals surface area contributed by atoms with Crippen LogP contribution in [0.1, 0.15) is 42.5 Å². The van der Waals surface area contributed by atoms with Gasteiger partial charge in [-0.25, -0.2) is 0 Å². The molecule has 1 fully saturated rings. The van der Waals surface area contributed by atoms with Crippen molar-refractivity contribution in [3.05, 3.63) is 84.7 Å². The molecule has 2 amide bonds. The van der Waals surface area contributed by atoms with Crippen molar-refractivity contribution in [3.63, 3.8) is 0 Å². The summed E-state index contributed by atoms with van der Waals surface area (Å²) in [5, 5.41) is 3.01. The van der Waals surface area contributed by atoms with E-state index in [-0.39, 0.29) is 24.0 Å². The predicted molar refractivity (Wildman–Crippen MR) is 124 cm³/mol. The van der Waals surface area contributed by atoms with Crippen molar-refractivity contribution < 1.29 is 14.4 Å². The van der Waals surface area contributed by atoms with Crippen molar-refractivity contribution in [1.29, 1.82) is 0 Å². The zero-order valence-electron chi connectivity index (χ0n) is 17.9. The van der Waals surface area contributed by atoms with Gasteiger partial charge in [-0.3, -0.25) is 14.4 Å². The zero-order chi connectivity index (χ0) is 22.3. The number of nitrogens with one attached hydrogen (secondary N) is 1. The van der Waals surface area contributed by atoms with Crippen LogP contribution in [0.4, 0.5) is 5.69 Å². The first-order chi connectivity index (χ1) is 15.6. The van der Waals surface area contributed by atoms with Crippen LogP contribution in [0.3, 0.4) is 0 Å². The molecule has 1 saturated heterocycles. The fraction of sp³-hybridized carbons (Fsp3) is 0.269. The number of aromatic nitrogens is 1. The van der Waals surface area contributed by atoms with E-state index in [4.69, 9.17) is 0 Å². The van der Waals surface area contributed by atoms with Gasteiger partial charge < -0.3 is 14.8 Å².